The van der Waals surface area contributed by atoms with Gasteiger partial charge < -0.3 is 24.8 Å². The van der Waals surface area contributed by atoms with Crippen molar-refractivity contribution < 1.29 is 23.8 Å². The molecule has 150 valence electrons. The molecule has 0 saturated heterocycles. The van der Waals surface area contributed by atoms with E-state index in [1.807, 2.05) is 0 Å². The molecule has 0 aromatic heterocycles. The van der Waals surface area contributed by atoms with Crippen LogP contribution in [0, 0.1) is 0 Å². The number of benzene rings is 2. The molecule has 0 radical (unpaired) electrons. The maximum Gasteiger partial charge on any atom is 0.338 e. The topological polar surface area (TPSA) is 85.9 Å². The van der Waals surface area contributed by atoms with Crippen molar-refractivity contribution in [1.82, 2.24) is 10.6 Å². The Bertz CT molecular complexity index is 1040. The maximum absolute atomic E-state index is 12.9. The van der Waals surface area contributed by atoms with Crippen LogP contribution in [0.2, 0.25) is 10.0 Å². The Hall–Kier alpha value is -2.90. The smallest absolute Gasteiger partial charge is 0.338 e. The molecular formula is C20H16Cl2N2O5. The van der Waals surface area contributed by atoms with Crippen LogP contribution in [0.4, 0.5) is 4.79 Å². The minimum Gasteiger partial charge on any atom is -0.457 e. The number of fused-ring (bicyclic) bond motifs is 1. The van der Waals surface area contributed by atoms with Crippen LogP contribution in [0.25, 0.3) is 0 Å². The molecule has 0 saturated carbocycles. The van der Waals surface area contributed by atoms with Crippen LogP contribution in [-0.2, 0) is 16.1 Å². The fourth-order valence-electron chi connectivity index (χ4n) is 3.16. The molecule has 2 amide bonds. The van der Waals surface area contributed by atoms with Crippen molar-refractivity contribution in [3.05, 3.63) is 68.8 Å². The quantitative estimate of drug-likeness (QED) is 0.707. The summed E-state index contributed by atoms with van der Waals surface area (Å²) in [5, 5.41) is 6.03. The first-order chi connectivity index (χ1) is 13.9. The van der Waals surface area contributed by atoms with Crippen LogP contribution < -0.4 is 20.1 Å². The summed E-state index contributed by atoms with van der Waals surface area (Å²) in [4.78, 5) is 24.8. The van der Waals surface area contributed by atoms with Crippen molar-refractivity contribution in [2.24, 2.45) is 0 Å². The number of amides is 2. The number of hydrogen-bond donors (Lipinski definition) is 2. The van der Waals surface area contributed by atoms with Gasteiger partial charge in [-0.25, -0.2) is 9.59 Å². The molecule has 9 heteroatoms. The van der Waals surface area contributed by atoms with Crippen molar-refractivity contribution >= 4 is 35.2 Å². The number of ether oxygens (including phenoxy) is 3. The Morgan fingerprint density at radius 1 is 1.14 bits per heavy atom. The van der Waals surface area contributed by atoms with Crippen LogP contribution in [0.3, 0.4) is 0 Å². The molecule has 0 fully saturated rings. The molecule has 2 aliphatic rings. The number of rotatable bonds is 4. The second-order valence-corrected chi connectivity index (χ2v) is 7.32. The van der Waals surface area contributed by atoms with Crippen molar-refractivity contribution in [2.75, 3.05) is 6.79 Å². The zero-order valence-electron chi connectivity index (χ0n) is 15.3. The van der Waals surface area contributed by atoms with Gasteiger partial charge in [0.2, 0.25) is 6.79 Å². The lowest BCUT2D eigenvalue weighted by atomic mass is 9.95. The first-order valence-electron chi connectivity index (χ1n) is 8.71. The van der Waals surface area contributed by atoms with E-state index in [0.29, 0.717) is 32.8 Å². The molecule has 2 aromatic carbocycles. The second-order valence-electron chi connectivity index (χ2n) is 6.51. The molecule has 2 aliphatic heterocycles. The average molecular weight is 435 g/mol. The summed E-state index contributed by atoms with van der Waals surface area (Å²) in [5.41, 5.74) is 2.05. The highest BCUT2D eigenvalue weighted by molar-refractivity contribution is 6.42. The highest BCUT2D eigenvalue weighted by Gasteiger charge is 2.32. The molecule has 2 aromatic rings. The average Bonchev–Trinajstić information content (AvgIpc) is 3.15. The molecule has 2 heterocycles. The van der Waals surface area contributed by atoms with Crippen LogP contribution >= 0.6 is 23.2 Å². The lowest BCUT2D eigenvalue weighted by Gasteiger charge is -2.28. The predicted molar refractivity (Wildman–Crippen MR) is 106 cm³/mol. The van der Waals surface area contributed by atoms with Gasteiger partial charge in [0.1, 0.15) is 6.61 Å². The monoisotopic (exact) mass is 434 g/mol. The van der Waals surface area contributed by atoms with E-state index in [4.69, 9.17) is 37.4 Å². The molecule has 2 N–H and O–H groups in total. The molecular weight excluding hydrogens is 419 g/mol. The first-order valence-corrected chi connectivity index (χ1v) is 9.47. The van der Waals surface area contributed by atoms with Crippen molar-refractivity contribution in [2.45, 2.75) is 19.6 Å². The van der Waals surface area contributed by atoms with E-state index in [2.05, 4.69) is 10.6 Å². The van der Waals surface area contributed by atoms with Gasteiger partial charge in [0.15, 0.2) is 11.5 Å². The maximum atomic E-state index is 12.9. The summed E-state index contributed by atoms with van der Waals surface area (Å²) in [5.74, 6) is 0.690. The summed E-state index contributed by atoms with van der Waals surface area (Å²) in [6.07, 6.45) is 0. The van der Waals surface area contributed by atoms with Gasteiger partial charge in [-0.2, -0.15) is 0 Å². The third-order valence-electron chi connectivity index (χ3n) is 4.57. The highest BCUT2D eigenvalue weighted by atomic mass is 35.5. The van der Waals surface area contributed by atoms with E-state index >= 15 is 0 Å². The molecule has 0 aliphatic carbocycles. The molecule has 1 atom stereocenters. The summed E-state index contributed by atoms with van der Waals surface area (Å²) in [6.45, 7) is 1.84. The lowest BCUT2D eigenvalue weighted by Crippen LogP contribution is -2.45. The van der Waals surface area contributed by atoms with Gasteiger partial charge in [0.05, 0.1) is 21.7 Å². The number of carbonyl (C=O) groups excluding carboxylic acids is 2. The Kier molecular flexibility index (Phi) is 5.25. The molecule has 4 rings (SSSR count). The summed E-state index contributed by atoms with van der Waals surface area (Å²) in [7, 11) is 0. The van der Waals surface area contributed by atoms with E-state index in [0.717, 1.165) is 5.56 Å². The molecule has 0 bridgehead atoms. The minimum atomic E-state index is -0.720. The molecule has 1 unspecified atom stereocenters. The molecule has 29 heavy (non-hydrogen) atoms. The molecule has 0 spiro atoms. The van der Waals surface area contributed by atoms with Crippen LogP contribution in [-0.4, -0.2) is 18.8 Å². The number of hydrogen-bond acceptors (Lipinski definition) is 5. The Morgan fingerprint density at radius 2 is 1.93 bits per heavy atom. The number of allylic oxidation sites excluding steroid dienone is 1. The number of esters is 1. The SMILES string of the molecule is CC1=C(C(=O)OCc2ccc3c(c2)OCO3)C(c2ccc(Cl)c(Cl)c2)NC(=O)N1. The third kappa shape index (κ3) is 3.97. The van der Waals surface area contributed by atoms with Crippen molar-refractivity contribution in [3.8, 4) is 11.5 Å². The second kappa shape index (κ2) is 7.85. The third-order valence-corrected chi connectivity index (χ3v) is 5.31. The fourth-order valence-corrected chi connectivity index (χ4v) is 3.47. The van der Waals surface area contributed by atoms with Gasteiger partial charge in [-0.1, -0.05) is 35.3 Å². The first kappa shape index (κ1) is 19.4. The van der Waals surface area contributed by atoms with Gasteiger partial charge in [-0.3, -0.25) is 0 Å². The Balaban J connectivity index is 1.56. The van der Waals surface area contributed by atoms with E-state index in [-0.39, 0.29) is 19.0 Å². The van der Waals surface area contributed by atoms with E-state index in [1.165, 1.54) is 0 Å². The molecule has 7 nitrogen and oxygen atoms in total. The lowest BCUT2D eigenvalue weighted by molar-refractivity contribution is -0.140. The van der Waals surface area contributed by atoms with Gasteiger partial charge in [0.25, 0.3) is 0 Å². The van der Waals surface area contributed by atoms with Gasteiger partial charge in [-0.05, 0) is 42.3 Å². The standard InChI is InChI=1S/C20H16Cl2N2O5/c1-10-17(18(24-20(26)23-10)12-3-4-13(21)14(22)7-12)19(25)27-8-11-2-5-15-16(6-11)29-9-28-15/h2-7,18H,8-9H2,1H3,(H2,23,24,26). The van der Waals surface area contributed by atoms with Gasteiger partial charge >= 0.3 is 12.0 Å². The van der Waals surface area contributed by atoms with Gasteiger partial charge in [-0.15, -0.1) is 0 Å². The largest absolute Gasteiger partial charge is 0.457 e. The van der Waals surface area contributed by atoms with E-state index in [1.54, 1.807) is 43.3 Å². The van der Waals surface area contributed by atoms with Crippen LogP contribution in [0.15, 0.2) is 47.7 Å². The van der Waals surface area contributed by atoms with Crippen molar-refractivity contribution in [3.63, 3.8) is 0 Å². The zero-order valence-corrected chi connectivity index (χ0v) is 16.8. The summed E-state index contributed by atoms with van der Waals surface area (Å²) in [6, 6.07) is 9.08. The summed E-state index contributed by atoms with van der Waals surface area (Å²) < 4.78 is 16.1. The number of nitrogens with one attached hydrogen (secondary N) is 2. The Morgan fingerprint density at radius 3 is 2.72 bits per heavy atom. The van der Waals surface area contributed by atoms with Gasteiger partial charge in [0, 0.05) is 5.70 Å². The normalized spacial score (nSPS) is 17.6. The Labute approximate surface area is 176 Å². The van der Waals surface area contributed by atoms with E-state index in [9.17, 15) is 9.59 Å². The van der Waals surface area contributed by atoms with Crippen molar-refractivity contribution in [1.29, 1.82) is 0 Å². The predicted octanol–water partition coefficient (Wildman–Crippen LogP) is 4.09. The van der Waals surface area contributed by atoms with Crippen LogP contribution in [0.1, 0.15) is 24.1 Å². The minimum absolute atomic E-state index is 0.0360. The summed E-state index contributed by atoms with van der Waals surface area (Å²) >= 11 is 12.1. The number of halogens is 2. The van der Waals surface area contributed by atoms with E-state index < -0.39 is 18.0 Å². The number of urea groups is 1. The fraction of sp³-hybridized carbons (Fsp3) is 0.200. The number of carbonyl (C=O) groups is 2. The zero-order chi connectivity index (χ0) is 20.5. The van der Waals surface area contributed by atoms with Crippen LogP contribution in [0.5, 0.6) is 11.5 Å². The highest BCUT2D eigenvalue weighted by Crippen LogP contribution is 2.34.